The fourth-order valence-corrected chi connectivity index (χ4v) is 4.24. The molecular formula is C19H22F3N3OS. The van der Waals surface area contributed by atoms with Crippen molar-refractivity contribution >= 4 is 17.2 Å². The second kappa shape index (κ2) is 7.59. The van der Waals surface area contributed by atoms with Crippen LogP contribution >= 0.6 is 11.3 Å². The number of benzene rings is 1. The Kier molecular flexibility index (Phi) is 5.58. The molecule has 1 aliphatic rings. The van der Waals surface area contributed by atoms with Crippen LogP contribution in [0.15, 0.2) is 29.6 Å². The Balaban J connectivity index is 1.62. The second-order valence-electron chi connectivity index (χ2n) is 7.24. The first-order valence-electron chi connectivity index (χ1n) is 8.85. The van der Waals surface area contributed by atoms with Crippen LogP contribution in [0.5, 0.6) is 0 Å². The van der Waals surface area contributed by atoms with Gasteiger partial charge in [-0.2, -0.15) is 13.2 Å². The van der Waals surface area contributed by atoms with Crippen LogP contribution in [0.4, 0.5) is 13.2 Å². The minimum absolute atomic E-state index is 0.0659. The quantitative estimate of drug-likeness (QED) is 0.806. The Hall–Kier alpha value is -1.93. The molecule has 3 rings (SSSR count). The zero-order valence-electron chi connectivity index (χ0n) is 15.0. The van der Waals surface area contributed by atoms with E-state index in [1.54, 1.807) is 5.38 Å². The Morgan fingerprint density at radius 1 is 1.33 bits per heavy atom. The third-order valence-corrected chi connectivity index (χ3v) is 5.97. The van der Waals surface area contributed by atoms with Crippen LogP contribution in [0.3, 0.4) is 0 Å². The normalized spacial score (nSPS) is 23.2. The molecule has 1 saturated carbocycles. The lowest BCUT2D eigenvalue weighted by Gasteiger charge is -2.37. The summed E-state index contributed by atoms with van der Waals surface area (Å²) in [5.74, 6) is -0.275. The van der Waals surface area contributed by atoms with E-state index in [4.69, 9.17) is 5.73 Å². The highest BCUT2D eigenvalue weighted by Crippen LogP contribution is 2.33. The first kappa shape index (κ1) is 19.8. The van der Waals surface area contributed by atoms with Crippen LogP contribution in [0.1, 0.15) is 43.9 Å². The van der Waals surface area contributed by atoms with E-state index < -0.39 is 17.3 Å². The van der Waals surface area contributed by atoms with Crippen LogP contribution in [-0.2, 0) is 17.5 Å². The highest BCUT2D eigenvalue weighted by Gasteiger charge is 2.37. The van der Waals surface area contributed by atoms with Crippen LogP contribution in [0.2, 0.25) is 0 Å². The maximum Gasteiger partial charge on any atom is 0.416 e. The molecule has 2 atom stereocenters. The summed E-state index contributed by atoms with van der Waals surface area (Å²) in [5, 5.41) is 5.32. The van der Waals surface area contributed by atoms with Gasteiger partial charge in [0.1, 0.15) is 5.01 Å². The number of aromatic nitrogens is 1. The molecule has 0 saturated heterocycles. The standard InChI is InChI=1S/C19H22F3N3OS/c1-18(23)9-3-2-4-15(18)16(26)24-10-14-11-27-17(25-14)12-5-7-13(8-6-12)19(20,21)22/h5-8,11,15H,2-4,9-10,23H2,1H3,(H,24,26). The second-order valence-corrected chi connectivity index (χ2v) is 8.10. The van der Waals surface area contributed by atoms with Gasteiger partial charge in [-0.25, -0.2) is 4.98 Å². The van der Waals surface area contributed by atoms with Crippen LogP contribution in [0.25, 0.3) is 10.6 Å². The van der Waals surface area contributed by atoms with Gasteiger partial charge in [-0.05, 0) is 31.9 Å². The van der Waals surface area contributed by atoms with Gasteiger partial charge in [0, 0.05) is 16.5 Å². The minimum atomic E-state index is -4.35. The van der Waals surface area contributed by atoms with E-state index in [1.165, 1.54) is 23.5 Å². The lowest BCUT2D eigenvalue weighted by atomic mass is 9.74. The van der Waals surface area contributed by atoms with E-state index in [0.29, 0.717) is 16.3 Å². The van der Waals surface area contributed by atoms with Crippen LogP contribution < -0.4 is 11.1 Å². The maximum atomic E-state index is 12.6. The van der Waals surface area contributed by atoms with Gasteiger partial charge in [-0.3, -0.25) is 4.79 Å². The molecule has 146 valence electrons. The van der Waals surface area contributed by atoms with Crippen molar-refractivity contribution in [2.45, 2.75) is 50.9 Å². The van der Waals surface area contributed by atoms with E-state index in [-0.39, 0.29) is 18.4 Å². The molecule has 0 radical (unpaired) electrons. The average molecular weight is 397 g/mol. The third kappa shape index (κ3) is 4.68. The first-order chi connectivity index (χ1) is 12.7. The SMILES string of the molecule is CC1(N)CCCCC1C(=O)NCc1csc(-c2ccc(C(F)(F)F)cc2)n1. The number of hydrogen-bond donors (Lipinski definition) is 2. The molecule has 4 nitrogen and oxygen atoms in total. The highest BCUT2D eigenvalue weighted by molar-refractivity contribution is 7.13. The van der Waals surface area contributed by atoms with Crippen molar-refractivity contribution in [3.8, 4) is 10.6 Å². The van der Waals surface area contributed by atoms with Gasteiger partial charge in [-0.15, -0.1) is 11.3 Å². The maximum absolute atomic E-state index is 12.6. The minimum Gasteiger partial charge on any atom is -0.350 e. The van der Waals surface area contributed by atoms with Crippen molar-refractivity contribution in [3.63, 3.8) is 0 Å². The number of nitrogens with zero attached hydrogens (tertiary/aromatic N) is 1. The van der Waals surface area contributed by atoms with Crippen molar-refractivity contribution < 1.29 is 18.0 Å². The van der Waals surface area contributed by atoms with Crippen LogP contribution in [0, 0.1) is 5.92 Å². The molecule has 27 heavy (non-hydrogen) atoms. The first-order valence-corrected chi connectivity index (χ1v) is 9.73. The molecule has 2 unspecified atom stereocenters. The Bertz CT molecular complexity index is 799. The summed E-state index contributed by atoms with van der Waals surface area (Å²) in [4.78, 5) is 16.9. The van der Waals surface area contributed by atoms with Crippen LogP contribution in [-0.4, -0.2) is 16.4 Å². The number of alkyl halides is 3. The predicted octanol–water partition coefficient (Wildman–Crippen LogP) is 4.35. The molecule has 2 aromatic rings. The number of carbonyl (C=O) groups is 1. The molecule has 1 heterocycles. The number of carbonyl (C=O) groups excluding carboxylic acids is 1. The third-order valence-electron chi connectivity index (χ3n) is 5.03. The summed E-state index contributed by atoms with van der Waals surface area (Å²) in [5.41, 5.74) is 6.38. The zero-order chi connectivity index (χ0) is 19.7. The monoisotopic (exact) mass is 397 g/mol. The topological polar surface area (TPSA) is 68.0 Å². The number of halogens is 3. The van der Waals surface area contributed by atoms with Gasteiger partial charge in [0.15, 0.2) is 0 Å². The summed E-state index contributed by atoms with van der Waals surface area (Å²) < 4.78 is 37.9. The van der Waals surface area contributed by atoms with Crippen molar-refractivity contribution in [3.05, 3.63) is 40.9 Å². The van der Waals surface area contributed by atoms with Crippen molar-refractivity contribution in [1.82, 2.24) is 10.3 Å². The van der Waals surface area contributed by atoms with Gasteiger partial charge < -0.3 is 11.1 Å². The van der Waals surface area contributed by atoms with E-state index in [9.17, 15) is 18.0 Å². The highest BCUT2D eigenvalue weighted by atomic mass is 32.1. The predicted molar refractivity (Wildman–Crippen MR) is 98.9 cm³/mol. The van der Waals surface area contributed by atoms with E-state index in [2.05, 4.69) is 10.3 Å². The Morgan fingerprint density at radius 3 is 2.67 bits per heavy atom. The Labute approximate surface area is 160 Å². The lowest BCUT2D eigenvalue weighted by Crippen LogP contribution is -2.52. The van der Waals surface area contributed by atoms with Crippen molar-refractivity contribution in [1.29, 1.82) is 0 Å². The van der Waals surface area contributed by atoms with E-state index >= 15 is 0 Å². The smallest absolute Gasteiger partial charge is 0.350 e. The molecule has 8 heteroatoms. The fraction of sp³-hybridized carbons (Fsp3) is 0.474. The van der Waals surface area contributed by atoms with Gasteiger partial charge >= 0.3 is 6.18 Å². The number of amides is 1. The molecule has 1 aromatic carbocycles. The van der Waals surface area contributed by atoms with Gasteiger partial charge in [0.05, 0.1) is 23.7 Å². The largest absolute Gasteiger partial charge is 0.416 e. The fourth-order valence-electron chi connectivity index (χ4n) is 3.41. The Morgan fingerprint density at radius 2 is 2.04 bits per heavy atom. The average Bonchev–Trinajstić information content (AvgIpc) is 3.08. The number of thiazole rings is 1. The zero-order valence-corrected chi connectivity index (χ0v) is 15.8. The molecule has 0 spiro atoms. The van der Waals surface area contributed by atoms with E-state index in [1.807, 2.05) is 6.92 Å². The summed E-state index contributed by atoms with van der Waals surface area (Å²) in [6.45, 7) is 2.20. The molecule has 1 fully saturated rings. The summed E-state index contributed by atoms with van der Waals surface area (Å²) in [6, 6.07) is 4.91. The summed E-state index contributed by atoms with van der Waals surface area (Å²) in [7, 11) is 0. The van der Waals surface area contributed by atoms with Crippen molar-refractivity contribution in [2.75, 3.05) is 0 Å². The van der Waals surface area contributed by atoms with Gasteiger partial charge in [0.25, 0.3) is 0 Å². The molecule has 1 aliphatic carbocycles. The molecule has 1 amide bonds. The number of nitrogens with one attached hydrogen (secondary N) is 1. The number of hydrogen-bond acceptors (Lipinski definition) is 4. The lowest BCUT2D eigenvalue weighted by molar-refractivity contribution is -0.137. The summed E-state index contributed by atoms with van der Waals surface area (Å²) >= 11 is 1.33. The van der Waals surface area contributed by atoms with Crippen molar-refractivity contribution in [2.24, 2.45) is 11.7 Å². The molecule has 0 bridgehead atoms. The van der Waals surface area contributed by atoms with E-state index in [0.717, 1.165) is 37.8 Å². The summed E-state index contributed by atoms with van der Waals surface area (Å²) in [6.07, 6.45) is -0.695. The molecular weight excluding hydrogens is 375 g/mol. The van der Waals surface area contributed by atoms with Gasteiger partial charge in [0.2, 0.25) is 5.91 Å². The number of rotatable bonds is 4. The molecule has 0 aliphatic heterocycles. The number of nitrogens with two attached hydrogens (primary N) is 1. The molecule has 3 N–H and O–H groups in total. The van der Waals surface area contributed by atoms with Gasteiger partial charge in [-0.1, -0.05) is 25.0 Å². The molecule has 1 aromatic heterocycles.